The number of benzene rings is 8. The highest BCUT2D eigenvalue weighted by Gasteiger charge is 2.23. The predicted molar refractivity (Wildman–Crippen MR) is 234 cm³/mol. The van der Waals surface area contributed by atoms with Gasteiger partial charge in [0.1, 0.15) is 11.1 Å². The largest absolute Gasteiger partial charge is 0.437 e. The van der Waals surface area contributed by atoms with Crippen molar-refractivity contribution in [3.05, 3.63) is 200 Å². The number of imidazole rings is 2. The fourth-order valence-electron chi connectivity index (χ4n) is 8.68. The van der Waals surface area contributed by atoms with Gasteiger partial charge in [0, 0.05) is 44.6 Å². The quantitative estimate of drug-likeness (QED) is 0.171. The van der Waals surface area contributed by atoms with E-state index in [1.165, 1.54) is 32.9 Å². The van der Waals surface area contributed by atoms with Crippen LogP contribution in [0.4, 0.5) is 17.1 Å². The van der Waals surface area contributed by atoms with Crippen LogP contribution in [0.15, 0.2) is 205 Å². The van der Waals surface area contributed by atoms with Gasteiger partial charge in [0.15, 0.2) is 0 Å². The molecule has 0 fully saturated rings. The third kappa shape index (κ3) is 4.81. The minimum atomic E-state index is 0.743. The summed E-state index contributed by atoms with van der Waals surface area (Å²) in [5.74, 6) is 0.808. The second kappa shape index (κ2) is 12.3. The summed E-state index contributed by atoms with van der Waals surface area (Å²) in [7, 11) is 0. The summed E-state index contributed by atoms with van der Waals surface area (Å²) in [6.07, 6.45) is 0. The standard InChI is InChI=1S/C51H33N5O/c1-3-13-34(14-4-1)35-23-25-37(26-24-35)53(38-27-29-39(30-28-38)54-44-20-10-7-17-41(44)42-18-8-11-21-45(42)54)40-31-32-46-47(33-40)55(36-15-5-2-6-16-36)51-52-49-43-19-9-12-22-48(43)57-50(49)56(46)51/h1-33H. The molecule has 0 aliphatic heterocycles. The van der Waals surface area contributed by atoms with Crippen LogP contribution in [0.3, 0.4) is 0 Å². The number of hydrogen-bond acceptors (Lipinski definition) is 3. The van der Waals surface area contributed by atoms with Gasteiger partial charge in [0.25, 0.3) is 0 Å². The van der Waals surface area contributed by atoms with Crippen molar-refractivity contribution >= 4 is 77.9 Å². The van der Waals surface area contributed by atoms with Gasteiger partial charge in [-0.15, -0.1) is 0 Å². The zero-order valence-corrected chi connectivity index (χ0v) is 30.7. The molecule has 0 bridgehead atoms. The molecular formula is C51H33N5O. The van der Waals surface area contributed by atoms with E-state index in [1.807, 2.05) is 24.3 Å². The molecule has 268 valence electrons. The van der Waals surface area contributed by atoms with E-state index in [-0.39, 0.29) is 0 Å². The first-order valence-corrected chi connectivity index (χ1v) is 19.2. The van der Waals surface area contributed by atoms with Crippen molar-refractivity contribution in [2.45, 2.75) is 0 Å². The number of nitrogens with zero attached hydrogens (tertiary/aromatic N) is 5. The highest BCUT2D eigenvalue weighted by atomic mass is 16.3. The third-order valence-corrected chi connectivity index (χ3v) is 11.3. The average Bonchev–Trinajstić information content (AvgIpc) is 4.01. The zero-order chi connectivity index (χ0) is 37.5. The monoisotopic (exact) mass is 731 g/mol. The van der Waals surface area contributed by atoms with E-state index in [4.69, 9.17) is 9.40 Å². The van der Waals surface area contributed by atoms with Gasteiger partial charge in [0.05, 0.1) is 22.1 Å². The molecule has 0 unspecified atom stereocenters. The van der Waals surface area contributed by atoms with Crippen LogP contribution in [-0.4, -0.2) is 18.5 Å². The summed E-state index contributed by atoms with van der Waals surface area (Å²) >= 11 is 0. The Labute approximate surface area is 327 Å². The lowest BCUT2D eigenvalue weighted by Crippen LogP contribution is -2.10. The van der Waals surface area contributed by atoms with Crippen LogP contribution >= 0.6 is 0 Å². The van der Waals surface area contributed by atoms with Crippen molar-refractivity contribution in [2.75, 3.05) is 4.90 Å². The van der Waals surface area contributed by atoms with Crippen LogP contribution in [0.25, 0.3) is 83.3 Å². The molecule has 0 saturated heterocycles. The summed E-state index contributed by atoms with van der Waals surface area (Å²) in [4.78, 5) is 7.58. The van der Waals surface area contributed by atoms with Gasteiger partial charge in [-0.1, -0.05) is 109 Å². The lowest BCUT2D eigenvalue weighted by Gasteiger charge is -2.26. The van der Waals surface area contributed by atoms with Crippen molar-refractivity contribution < 1.29 is 4.42 Å². The van der Waals surface area contributed by atoms with Gasteiger partial charge < -0.3 is 13.9 Å². The Balaban J connectivity index is 1.06. The normalized spacial score (nSPS) is 11.9. The highest BCUT2D eigenvalue weighted by molar-refractivity contribution is 6.09. The molecule has 4 aromatic heterocycles. The molecule has 0 aliphatic carbocycles. The molecule has 0 spiro atoms. The Morgan fingerprint density at radius 1 is 0.404 bits per heavy atom. The van der Waals surface area contributed by atoms with Crippen molar-refractivity contribution in [2.24, 2.45) is 0 Å². The van der Waals surface area contributed by atoms with Gasteiger partial charge in [-0.2, -0.15) is 0 Å². The summed E-state index contributed by atoms with van der Waals surface area (Å²) in [6, 6.07) is 70.9. The van der Waals surface area contributed by atoms with Gasteiger partial charge in [-0.05, 0) is 102 Å². The Bertz CT molecular complexity index is 3390. The Morgan fingerprint density at radius 2 is 0.947 bits per heavy atom. The van der Waals surface area contributed by atoms with E-state index >= 15 is 0 Å². The second-order valence-electron chi connectivity index (χ2n) is 14.5. The van der Waals surface area contributed by atoms with E-state index in [2.05, 4.69) is 194 Å². The van der Waals surface area contributed by atoms with Crippen LogP contribution in [-0.2, 0) is 0 Å². The van der Waals surface area contributed by atoms with E-state index in [0.717, 1.165) is 67.4 Å². The number of hydrogen-bond donors (Lipinski definition) is 0. The summed E-state index contributed by atoms with van der Waals surface area (Å²) in [6.45, 7) is 0. The number of fused-ring (bicyclic) bond motifs is 10. The minimum Gasteiger partial charge on any atom is -0.437 e. The first-order chi connectivity index (χ1) is 28.3. The maximum absolute atomic E-state index is 6.50. The molecule has 0 atom stereocenters. The molecular weight excluding hydrogens is 699 g/mol. The van der Waals surface area contributed by atoms with Crippen LogP contribution < -0.4 is 4.90 Å². The number of rotatable bonds is 6. The molecule has 6 nitrogen and oxygen atoms in total. The van der Waals surface area contributed by atoms with Crippen LogP contribution in [0.5, 0.6) is 0 Å². The molecule has 8 aromatic carbocycles. The van der Waals surface area contributed by atoms with Crippen molar-refractivity contribution in [3.8, 4) is 22.5 Å². The molecule has 0 radical (unpaired) electrons. The van der Waals surface area contributed by atoms with Crippen molar-refractivity contribution in [1.82, 2.24) is 18.5 Å². The molecule has 12 rings (SSSR count). The van der Waals surface area contributed by atoms with E-state index in [1.54, 1.807) is 0 Å². The molecule has 6 heteroatoms. The first kappa shape index (κ1) is 31.5. The number of anilines is 3. The third-order valence-electron chi connectivity index (χ3n) is 11.3. The fraction of sp³-hybridized carbons (Fsp3) is 0. The highest BCUT2D eigenvalue weighted by Crippen LogP contribution is 2.41. The summed E-state index contributed by atoms with van der Waals surface area (Å²) in [5, 5.41) is 3.51. The first-order valence-electron chi connectivity index (χ1n) is 19.2. The smallest absolute Gasteiger partial charge is 0.234 e. The fourth-order valence-corrected chi connectivity index (χ4v) is 8.68. The Hall–Kier alpha value is -7.83. The van der Waals surface area contributed by atoms with E-state index in [9.17, 15) is 0 Å². The van der Waals surface area contributed by atoms with Gasteiger partial charge in [-0.25, -0.2) is 9.38 Å². The zero-order valence-electron chi connectivity index (χ0n) is 30.7. The predicted octanol–water partition coefficient (Wildman–Crippen LogP) is 13.4. The summed E-state index contributed by atoms with van der Waals surface area (Å²) in [5.41, 5.74) is 14.5. The lowest BCUT2D eigenvalue weighted by atomic mass is 10.0. The molecule has 0 aliphatic rings. The molecule has 12 aromatic rings. The molecule has 0 amide bonds. The van der Waals surface area contributed by atoms with E-state index < -0.39 is 0 Å². The lowest BCUT2D eigenvalue weighted by molar-refractivity contribution is 0.651. The molecule has 4 heterocycles. The van der Waals surface area contributed by atoms with Crippen LogP contribution in [0, 0.1) is 0 Å². The minimum absolute atomic E-state index is 0.743. The average molecular weight is 732 g/mol. The SMILES string of the molecule is c1ccc(-c2ccc(N(c3ccc(-n4c5ccccc5c5ccccc54)cc3)c3ccc4c(c3)n(-c3ccccc3)c3nc5c6ccccc6oc5n43)cc2)cc1. The second-order valence-corrected chi connectivity index (χ2v) is 14.5. The molecule has 57 heavy (non-hydrogen) atoms. The number of furan rings is 1. The topological polar surface area (TPSA) is 43.5 Å². The van der Waals surface area contributed by atoms with Crippen molar-refractivity contribution in [1.29, 1.82) is 0 Å². The maximum Gasteiger partial charge on any atom is 0.234 e. The van der Waals surface area contributed by atoms with Crippen LogP contribution in [0.1, 0.15) is 0 Å². The van der Waals surface area contributed by atoms with Gasteiger partial charge in [0.2, 0.25) is 11.5 Å². The van der Waals surface area contributed by atoms with E-state index in [0.29, 0.717) is 0 Å². The Morgan fingerprint density at radius 3 is 1.65 bits per heavy atom. The molecule has 0 saturated carbocycles. The van der Waals surface area contributed by atoms with Gasteiger partial charge >= 0.3 is 0 Å². The van der Waals surface area contributed by atoms with Crippen LogP contribution in [0.2, 0.25) is 0 Å². The number of para-hydroxylation sites is 4. The summed E-state index contributed by atoms with van der Waals surface area (Å²) < 4.78 is 13.3. The maximum atomic E-state index is 6.50. The Kier molecular flexibility index (Phi) is 6.83. The molecule has 0 N–H and O–H groups in total. The number of aromatic nitrogens is 4. The van der Waals surface area contributed by atoms with Gasteiger partial charge in [-0.3, -0.25) is 4.57 Å². The van der Waals surface area contributed by atoms with Crippen molar-refractivity contribution in [3.63, 3.8) is 0 Å².